The standard InChI is InChI=1S/C18H32N4O2S2.HI/c1-15(2)22-26(23,24)14-17-9-7-16(8-10-17)13-21-18(19-3)20-11-5-6-12-25-4;/h7-10,15,22H,5-6,11-14H2,1-4H3,(H2,19,20,21);1H. The van der Waals surface area contributed by atoms with Crippen LogP contribution in [0.3, 0.4) is 0 Å². The molecule has 9 heteroatoms. The van der Waals surface area contributed by atoms with E-state index in [-0.39, 0.29) is 35.8 Å². The molecule has 0 aliphatic rings. The van der Waals surface area contributed by atoms with Crippen molar-refractivity contribution in [1.82, 2.24) is 15.4 Å². The van der Waals surface area contributed by atoms with Gasteiger partial charge in [0.1, 0.15) is 0 Å². The molecule has 0 bridgehead atoms. The number of sulfonamides is 1. The summed E-state index contributed by atoms with van der Waals surface area (Å²) in [7, 11) is -1.53. The molecule has 0 radical (unpaired) electrons. The number of aliphatic imine (C=N–C) groups is 1. The molecule has 6 nitrogen and oxygen atoms in total. The Bertz CT molecular complexity index is 650. The lowest BCUT2D eigenvalue weighted by molar-refractivity contribution is 0.569. The number of rotatable bonds is 11. The molecule has 0 heterocycles. The molecule has 0 aromatic heterocycles. The topological polar surface area (TPSA) is 82.6 Å². The molecular formula is C18H33IN4O2S2. The van der Waals surface area contributed by atoms with Crippen LogP contribution in [0.15, 0.2) is 29.3 Å². The number of unbranched alkanes of at least 4 members (excludes halogenated alkanes) is 1. The van der Waals surface area contributed by atoms with Gasteiger partial charge in [0.25, 0.3) is 0 Å². The molecule has 0 spiro atoms. The number of nitrogens with one attached hydrogen (secondary N) is 3. The van der Waals surface area contributed by atoms with Crippen LogP contribution in [-0.4, -0.2) is 46.0 Å². The molecule has 3 N–H and O–H groups in total. The number of hydrogen-bond acceptors (Lipinski definition) is 4. The first-order valence-corrected chi connectivity index (χ1v) is 11.9. The van der Waals surface area contributed by atoms with E-state index in [2.05, 4.69) is 26.6 Å². The third-order valence-electron chi connectivity index (χ3n) is 3.55. The van der Waals surface area contributed by atoms with Crippen LogP contribution in [0.1, 0.15) is 37.8 Å². The van der Waals surface area contributed by atoms with Gasteiger partial charge >= 0.3 is 0 Å². The Labute approximate surface area is 185 Å². The third-order valence-corrected chi connectivity index (χ3v) is 5.79. The lowest BCUT2D eigenvalue weighted by atomic mass is 10.1. The zero-order chi connectivity index (χ0) is 19.4. The fourth-order valence-corrected chi connectivity index (χ4v) is 4.28. The maximum atomic E-state index is 12.0. The van der Waals surface area contributed by atoms with Gasteiger partial charge < -0.3 is 10.6 Å². The molecule has 27 heavy (non-hydrogen) atoms. The fourth-order valence-electron chi connectivity index (χ4n) is 2.36. The summed E-state index contributed by atoms with van der Waals surface area (Å²) in [5.74, 6) is 1.96. The molecule has 0 saturated carbocycles. The van der Waals surface area contributed by atoms with Crippen LogP contribution in [0.4, 0.5) is 0 Å². The van der Waals surface area contributed by atoms with E-state index in [1.165, 1.54) is 12.2 Å². The van der Waals surface area contributed by atoms with E-state index < -0.39 is 10.0 Å². The summed E-state index contributed by atoms with van der Waals surface area (Å²) in [5.41, 5.74) is 1.85. The number of nitrogens with zero attached hydrogens (tertiary/aromatic N) is 1. The van der Waals surface area contributed by atoms with Crippen molar-refractivity contribution in [2.75, 3.05) is 25.6 Å². The molecule has 1 rings (SSSR count). The van der Waals surface area contributed by atoms with Crippen molar-refractivity contribution >= 4 is 51.7 Å². The maximum absolute atomic E-state index is 12.0. The second kappa shape index (κ2) is 14.5. The smallest absolute Gasteiger partial charge is 0.216 e. The lowest BCUT2D eigenvalue weighted by Crippen LogP contribution is -2.37. The van der Waals surface area contributed by atoms with Crippen molar-refractivity contribution in [1.29, 1.82) is 0 Å². The van der Waals surface area contributed by atoms with Crippen LogP contribution in [0.2, 0.25) is 0 Å². The molecule has 0 aliphatic heterocycles. The minimum atomic E-state index is -3.29. The molecule has 0 saturated heterocycles. The number of thioether (sulfide) groups is 1. The van der Waals surface area contributed by atoms with Crippen molar-refractivity contribution in [2.24, 2.45) is 4.99 Å². The van der Waals surface area contributed by atoms with Crippen LogP contribution >= 0.6 is 35.7 Å². The average molecular weight is 529 g/mol. The zero-order valence-corrected chi connectivity index (χ0v) is 20.6. The highest BCUT2D eigenvalue weighted by Gasteiger charge is 2.12. The molecule has 156 valence electrons. The van der Waals surface area contributed by atoms with Gasteiger partial charge in [-0.1, -0.05) is 24.3 Å². The van der Waals surface area contributed by atoms with Crippen molar-refractivity contribution in [3.05, 3.63) is 35.4 Å². The average Bonchev–Trinajstić information content (AvgIpc) is 2.57. The summed E-state index contributed by atoms with van der Waals surface area (Å²) >= 11 is 1.87. The highest BCUT2D eigenvalue weighted by molar-refractivity contribution is 14.0. The van der Waals surface area contributed by atoms with Gasteiger partial charge in [-0.3, -0.25) is 4.99 Å². The number of benzene rings is 1. The van der Waals surface area contributed by atoms with Crippen molar-refractivity contribution in [3.63, 3.8) is 0 Å². The first-order chi connectivity index (χ1) is 12.4. The van der Waals surface area contributed by atoms with Gasteiger partial charge in [0.2, 0.25) is 10.0 Å². The lowest BCUT2D eigenvalue weighted by Gasteiger charge is -2.12. The second-order valence-corrected chi connectivity index (χ2v) is 9.14. The zero-order valence-electron chi connectivity index (χ0n) is 16.6. The van der Waals surface area contributed by atoms with Gasteiger partial charge in [-0.25, -0.2) is 13.1 Å². The van der Waals surface area contributed by atoms with E-state index in [0.717, 1.165) is 30.1 Å². The second-order valence-electron chi connectivity index (χ2n) is 6.40. The van der Waals surface area contributed by atoms with E-state index >= 15 is 0 Å². The van der Waals surface area contributed by atoms with Crippen LogP contribution in [0, 0.1) is 0 Å². The largest absolute Gasteiger partial charge is 0.356 e. The quantitative estimate of drug-likeness (QED) is 0.178. The first-order valence-electron chi connectivity index (χ1n) is 8.87. The van der Waals surface area contributed by atoms with Crippen LogP contribution in [0.25, 0.3) is 0 Å². The summed E-state index contributed by atoms with van der Waals surface area (Å²) in [6, 6.07) is 7.51. The molecule has 0 fully saturated rings. The Morgan fingerprint density at radius 1 is 1.11 bits per heavy atom. The number of halogens is 1. The predicted octanol–water partition coefficient (Wildman–Crippen LogP) is 2.94. The highest BCUT2D eigenvalue weighted by Crippen LogP contribution is 2.08. The van der Waals surface area contributed by atoms with Crippen molar-refractivity contribution in [3.8, 4) is 0 Å². The van der Waals surface area contributed by atoms with E-state index in [4.69, 9.17) is 0 Å². The van der Waals surface area contributed by atoms with Crippen LogP contribution in [-0.2, 0) is 22.3 Å². The minimum Gasteiger partial charge on any atom is -0.356 e. The normalized spacial score (nSPS) is 12.0. The van der Waals surface area contributed by atoms with Crippen LogP contribution in [0.5, 0.6) is 0 Å². The SMILES string of the molecule is CN=C(NCCCCSC)NCc1ccc(CS(=O)(=O)NC(C)C)cc1.I. The van der Waals surface area contributed by atoms with Gasteiger partial charge in [0, 0.05) is 26.2 Å². The maximum Gasteiger partial charge on any atom is 0.216 e. The van der Waals surface area contributed by atoms with Crippen LogP contribution < -0.4 is 15.4 Å². The Kier molecular flexibility index (Phi) is 14.2. The summed E-state index contributed by atoms with van der Waals surface area (Å²) in [5, 5.41) is 6.57. The number of hydrogen-bond donors (Lipinski definition) is 3. The number of guanidine groups is 1. The molecule has 1 aromatic rings. The van der Waals surface area contributed by atoms with Gasteiger partial charge in [-0.05, 0) is 49.8 Å². The van der Waals surface area contributed by atoms with E-state index in [1.54, 1.807) is 7.05 Å². The summed E-state index contributed by atoms with van der Waals surface area (Å²) in [6.45, 7) is 5.17. The Hall–Kier alpha value is -0.520. The molecule has 0 atom stereocenters. The van der Waals surface area contributed by atoms with Crippen molar-refractivity contribution < 1.29 is 8.42 Å². The first kappa shape index (κ1) is 26.5. The molecule has 0 aliphatic carbocycles. The predicted molar refractivity (Wildman–Crippen MR) is 129 cm³/mol. The molecular weight excluding hydrogens is 495 g/mol. The highest BCUT2D eigenvalue weighted by atomic mass is 127. The van der Waals surface area contributed by atoms with E-state index in [0.29, 0.717) is 6.54 Å². The Balaban J connectivity index is 0.00000676. The van der Waals surface area contributed by atoms with Crippen molar-refractivity contribution in [2.45, 2.75) is 45.0 Å². The van der Waals surface area contributed by atoms with E-state index in [1.807, 2.05) is 49.9 Å². The van der Waals surface area contributed by atoms with Gasteiger partial charge in [-0.15, -0.1) is 24.0 Å². The van der Waals surface area contributed by atoms with Gasteiger partial charge in [0.15, 0.2) is 5.96 Å². The Morgan fingerprint density at radius 3 is 2.30 bits per heavy atom. The Morgan fingerprint density at radius 2 is 1.74 bits per heavy atom. The van der Waals surface area contributed by atoms with Gasteiger partial charge in [-0.2, -0.15) is 11.8 Å². The molecule has 0 amide bonds. The van der Waals surface area contributed by atoms with Gasteiger partial charge in [0.05, 0.1) is 5.75 Å². The molecule has 1 aromatic carbocycles. The molecule has 0 unspecified atom stereocenters. The van der Waals surface area contributed by atoms with E-state index in [9.17, 15) is 8.42 Å². The third kappa shape index (κ3) is 12.5. The minimum absolute atomic E-state index is 0. The fraction of sp³-hybridized carbons (Fsp3) is 0.611. The summed E-state index contributed by atoms with van der Waals surface area (Å²) in [6.07, 6.45) is 4.44. The summed E-state index contributed by atoms with van der Waals surface area (Å²) < 4.78 is 26.5. The monoisotopic (exact) mass is 528 g/mol. The summed E-state index contributed by atoms with van der Waals surface area (Å²) in [4.78, 5) is 4.22.